The highest BCUT2D eigenvalue weighted by atomic mass is 32.2. The minimum absolute atomic E-state index is 0.0866. The van der Waals surface area contributed by atoms with Crippen LogP contribution in [-0.4, -0.2) is 27.6 Å². The van der Waals surface area contributed by atoms with E-state index in [0.29, 0.717) is 12.8 Å². The summed E-state index contributed by atoms with van der Waals surface area (Å²) in [6, 6.07) is 0. The number of rotatable bonds is 9. The fourth-order valence-corrected chi connectivity index (χ4v) is 1.81. The Morgan fingerprint density at radius 1 is 1.07 bits per heavy atom. The average Bonchev–Trinajstić information content (AvgIpc) is 2.16. The van der Waals surface area contributed by atoms with Gasteiger partial charge in [0.15, 0.2) is 6.29 Å². The molecule has 14 heavy (non-hydrogen) atoms. The molecule has 0 N–H and O–H groups in total. The summed E-state index contributed by atoms with van der Waals surface area (Å²) < 4.78 is 26.0. The Hall–Kier alpha value is -0.420. The normalized spacial score (nSPS) is 11.5. The quantitative estimate of drug-likeness (QED) is 0.436. The molecule has 0 unspecified atom stereocenters. The van der Waals surface area contributed by atoms with Crippen molar-refractivity contribution in [1.82, 2.24) is 0 Å². The molecule has 0 atom stereocenters. The van der Waals surface area contributed by atoms with Gasteiger partial charge in [-0.05, 0) is 12.8 Å². The van der Waals surface area contributed by atoms with Crippen molar-refractivity contribution >= 4 is 16.4 Å². The topological polar surface area (TPSA) is 60.4 Å². The lowest BCUT2D eigenvalue weighted by atomic mass is 10.1. The predicted octanol–water partition coefficient (Wildman–Crippen LogP) is 1.41. The van der Waals surface area contributed by atoms with Crippen LogP contribution in [-0.2, 0) is 19.1 Å². The minimum atomic E-state index is -3.28. The maximum atomic E-state index is 10.9. The van der Waals surface area contributed by atoms with Crippen LogP contribution in [0.2, 0.25) is 0 Å². The van der Waals surface area contributed by atoms with Gasteiger partial charge in [0.1, 0.15) is 0 Å². The fourth-order valence-electron chi connectivity index (χ4n) is 1.09. The smallest absolute Gasteiger partial charge is 0.267 e. The molecule has 0 aliphatic heterocycles. The molecule has 0 spiro atoms. The van der Waals surface area contributed by atoms with Crippen LogP contribution in [0.15, 0.2) is 0 Å². The van der Waals surface area contributed by atoms with Gasteiger partial charge in [-0.15, -0.1) is 0 Å². The molecule has 0 rings (SSSR count). The zero-order chi connectivity index (χ0) is 10.9. The summed E-state index contributed by atoms with van der Waals surface area (Å²) in [6.07, 6.45) is 6.56. The molecular weight excluding hydrogens is 204 g/mol. The third kappa shape index (κ3) is 8.19. The highest BCUT2D eigenvalue weighted by Gasteiger charge is 2.06. The van der Waals surface area contributed by atoms with Crippen LogP contribution in [0.1, 0.15) is 38.5 Å². The molecule has 0 bridgehead atoms. The second kappa shape index (κ2) is 7.94. The van der Waals surface area contributed by atoms with Crippen molar-refractivity contribution in [3.05, 3.63) is 0 Å². The Bertz CT molecular complexity index is 233. The Balaban J connectivity index is 3.26. The molecule has 83 valence electrons. The van der Waals surface area contributed by atoms with Gasteiger partial charge >= 0.3 is 0 Å². The van der Waals surface area contributed by atoms with Crippen LogP contribution < -0.4 is 0 Å². The first-order valence-electron chi connectivity index (χ1n) is 4.75. The van der Waals surface area contributed by atoms with E-state index in [-0.39, 0.29) is 5.75 Å². The second-order valence-corrected chi connectivity index (χ2v) is 4.95. The third-order valence-corrected chi connectivity index (χ3v) is 3.22. The molecule has 0 aromatic heterocycles. The van der Waals surface area contributed by atoms with Gasteiger partial charge in [-0.2, -0.15) is 8.42 Å². The summed E-state index contributed by atoms with van der Waals surface area (Å²) >= 11 is 0. The van der Waals surface area contributed by atoms with Gasteiger partial charge in [0.25, 0.3) is 10.1 Å². The van der Waals surface area contributed by atoms with E-state index >= 15 is 0 Å². The first kappa shape index (κ1) is 13.6. The van der Waals surface area contributed by atoms with E-state index in [9.17, 15) is 13.2 Å². The maximum Gasteiger partial charge on any atom is 0.267 e. The highest BCUT2D eigenvalue weighted by molar-refractivity contribution is 7.86. The van der Waals surface area contributed by atoms with Crippen molar-refractivity contribution in [3.63, 3.8) is 0 Å². The van der Waals surface area contributed by atoms with Crippen molar-refractivity contribution < 1.29 is 17.4 Å². The Morgan fingerprint density at radius 2 is 1.64 bits per heavy atom. The van der Waals surface area contributed by atoms with Gasteiger partial charge < -0.3 is 0 Å². The molecule has 0 aliphatic rings. The van der Waals surface area contributed by atoms with E-state index in [2.05, 4.69) is 4.18 Å². The summed E-state index contributed by atoms with van der Waals surface area (Å²) in [5.74, 6) is 0.0866. The lowest BCUT2D eigenvalue weighted by molar-refractivity contribution is 0.396. The lowest BCUT2D eigenvalue weighted by Crippen LogP contribution is -2.07. The molecule has 0 saturated carbocycles. The predicted molar refractivity (Wildman–Crippen MR) is 54.2 cm³/mol. The Kier molecular flexibility index (Phi) is 7.70. The first-order chi connectivity index (χ1) is 6.62. The SMILES string of the molecule is COS(=O)(=O)CCCCCCC[C]=O. The fraction of sp³-hybridized carbons (Fsp3) is 0.889. The zero-order valence-electron chi connectivity index (χ0n) is 8.49. The number of hydrogen-bond acceptors (Lipinski definition) is 4. The van der Waals surface area contributed by atoms with Crippen LogP contribution in [0, 0.1) is 0 Å². The monoisotopic (exact) mass is 221 g/mol. The maximum absolute atomic E-state index is 10.9. The molecule has 0 saturated heterocycles. The van der Waals surface area contributed by atoms with Crippen molar-refractivity contribution in [2.24, 2.45) is 0 Å². The van der Waals surface area contributed by atoms with Gasteiger partial charge in [-0.1, -0.05) is 19.3 Å². The van der Waals surface area contributed by atoms with Crippen molar-refractivity contribution in [2.45, 2.75) is 38.5 Å². The largest absolute Gasteiger partial charge is 0.291 e. The van der Waals surface area contributed by atoms with Gasteiger partial charge in [0, 0.05) is 6.42 Å². The van der Waals surface area contributed by atoms with Gasteiger partial charge in [0.2, 0.25) is 0 Å². The summed E-state index contributed by atoms with van der Waals surface area (Å²) in [5.41, 5.74) is 0. The van der Waals surface area contributed by atoms with Crippen LogP contribution >= 0.6 is 0 Å². The molecule has 1 radical (unpaired) electrons. The minimum Gasteiger partial charge on any atom is -0.291 e. The summed E-state index contributed by atoms with van der Waals surface area (Å²) in [4.78, 5) is 9.84. The van der Waals surface area contributed by atoms with Gasteiger partial charge in [-0.25, -0.2) is 0 Å². The second-order valence-electron chi connectivity index (χ2n) is 3.09. The first-order valence-corrected chi connectivity index (χ1v) is 6.33. The molecule has 4 nitrogen and oxygen atoms in total. The summed E-state index contributed by atoms with van der Waals surface area (Å²) in [6.45, 7) is 0. The van der Waals surface area contributed by atoms with Gasteiger partial charge in [-0.3, -0.25) is 8.98 Å². The van der Waals surface area contributed by atoms with Crippen molar-refractivity contribution in [1.29, 1.82) is 0 Å². The molecule has 0 aromatic rings. The van der Waals surface area contributed by atoms with Crippen molar-refractivity contribution in [3.8, 4) is 0 Å². The van der Waals surface area contributed by atoms with Crippen LogP contribution in [0.5, 0.6) is 0 Å². The standard InChI is InChI=1S/C9H17O4S/c1-13-14(11,12)9-7-5-3-2-4-6-8-10/h2-7,9H2,1H3. The third-order valence-electron chi connectivity index (χ3n) is 1.93. The number of unbranched alkanes of at least 4 members (excludes halogenated alkanes) is 5. The zero-order valence-corrected chi connectivity index (χ0v) is 9.31. The van der Waals surface area contributed by atoms with Crippen LogP contribution in [0.3, 0.4) is 0 Å². The lowest BCUT2D eigenvalue weighted by Gasteiger charge is -2.00. The van der Waals surface area contributed by atoms with E-state index in [1.54, 1.807) is 0 Å². The summed E-state index contributed by atoms with van der Waals surface area (Å²) in [7, 11) is -2.10. The Labute approximate surface area is 85.8 Å². The van der Waals surface area contributed by atoms with Crippen LogP contribution in [0.4, 0.5) is 0 Å². The number of hydrogen-bond donors (Lipinski definition) is 0. The highest BCUT2D eigenvalue weighted by Crippen LogP contribution is 2.06. The molecule has 0 heterocycles. The molecule has 0 amide bonds. The summed E-state index contributed by atoms with van der Waals surface area (Å²) in [5, 5.41) is 0. The Morgan fingerprint density at radius 3 is 2.21 bits per heavy atom. The van der Waals surface area contributed by atoms with Gasteiger partial charge in [0.05, 0.1) is 12.9 Å². The number of carbonyl (C=O) groups excluding carboxylic acids is 1. The molecular formula is C9H17O4S. The van der Waals surface area contributed by atoms with Crippen molar-refractivity contribution in [2.75, 3.05) is 12.9 Å². The van der Waals surface area contributed by atoms with E-state index in [4.69, 9.17) is 0 Å². The molecule has 0 aromatic carbocycles. The molecule has 0 aliphatic carbocycles. The van der Waals surface area contributed by atoms with E-state index in [1.807, 2.05) is 6.29 Å². The van der Waals surface area contributed by atoms with E-state index in [0.717, 1.165) is 25.7 Å². The van der Waals surface area contributed by atoms with E-state index in [1.165, 1.54) is 7.11 Å². The molecule has 0 fully saturated rings. The van der Waals surface area contributed by atoms with Crippen LogP contribution in [0.25, 0.3) is 0 Å². The van der Waals surface area contributed by atoms with E-state index < -0.39 is 10.1 Å². The molecule has 5 heteroatoms. The average molecular weight is 221 g/mol.